The lowest BCUT2D eigenvalue weighted by Gasteiger charge is -2.11. The second kappa shape index (κ2) is 5.83. The van der Waals surface area contributed by atoms with Gasteiger partial charge in [0.15, 0.2) is 0 Å². The van der Waals surface area contributed by atoms with E-state index in [0.717, 1.165) is 37.1 Å². The lowest BCUT2D eigenvalue weighted by Crippen LogP contribution is -2.24. The fourth-order valence-corrected chi connectivity index (χ4v) is 2.29. The van der Waals surface area contributed by atoms with Crippen LogP contribution in [0.15, 0.2) is 36.9 Å². The molecule has 0 aliphatic rings. The van der Waals surface area contributed by atoms with E-state index in [-0.39, 0.29) is 6.04 Å². The van der Waals surface area contributed by atoms with E-state index < -0.39 is 0 Å². The quantitative estimate of drug-likeness (QED) is 0.793. The summed E-state index contributed by atoms with van der Waals surface area (Å²) in [5, 5.41) is 0. The van der Waals surface area contributed by atoms with Gasteiger partial charge < -0.3 is 10.3 Å². The van der Waals surface area contributed by atoms with Crippen LogP contribution in [0.2, 0.25) is 0 Å². The summed E-state index contributed by atoms with van der Waals surface area (Å²) >= 11 is 0. The highest BCUT2D eigenvalue weighted by atomic mass is 15.1. The van der Waals surface area contributed by atoms with Crippen LogP contribution < -0.4 is 5.73 Å². The first-order valence-electron chi connectivity index (χ1n) is 6.56. The highest BCUT2D eigenvalue weighted by molar-refractivity contribution is 5.75. The van der Waals surface area contributed by atoms with Gasteiger partial charge in [0.05, 0.1) is 11.0 Å². The number of aromatic nitrogens is 2. The van der Waals surface area contributed by atoms with Crippen molar-refractivity contribution in [3.63, 3.8) is 0 Å². The first-order chi connectivity index (χ1) is 8.76. The molecule has 96 valence electrons. The Bertz CT molecular complexity index is 528. The van der Waals surface area contributed by atoms with Crippen LogP contribution in [0.25, 0.3) is 11.0 Å². The summed E-state index contributed by atoms with van der Waals surface area (Å²) in [6.45, 7) is 6.92. The Kier molecular flexibility index (Phi) is 4.15. The van der Waals surface area contributed by atoms with E-state index in [1.807, 2.05) is 12.1 Å². The molecule has 1 aromatic heterocycles. The molecule has 1 aromatic carbocycles. The van der Waals surface area contributed by atoms with Crippen LogP contribution >= 0.6 is 0 Å². The van der Waals surface area contributed by atoms with Crippen molar-refractivity contribution >= 4 is 11.0 Å². The zero-order chi connectivity index (χ0) is 13.0. The number of hydrogen-bond acceptors (Lipinski definition) is 2. The molecule has 0 aliphatic heterocycles. The predicted octanol–water partition coefficient (Wildman–Crippen LogP) is 2.89. The van der Waals surface area contributed by atoms with Crippen LogP contribution in [0.4, 0.5) is 0 Å². The van der Waals surface area contributed by atoms with Crippen LogP contribution in [0, 0.1) is 0 Å². The Balaban J connectivity index is 2.35. The van der Waals surface area contributed by atoms with Gasteiger partial charge in [0.25, 0.3) is 0 Å². The van der Waals surface area contributed by atoms with E-state index in [2.05, 4.69) is 36.3 Å². The minimum atomic E-state index is 0.106. The van der Waals surface area contributed by atoms with Crippen LogP contribution in [0.3, 0.4) is 0 Å². The van der Waals surface area contributed by atoms with Crippen molar-refractivity contribution in [3.8, 4) is 0 Å². The summed E-state index contributed by atoms with van der Waals surface area (Å²) in [6, 6.07) is 8.38. The van der Waals surface area contributed by atoms with Gasteiger partial charge in [0.1, 0.15) is 5.82 Å². The van der Waals surface area contributed by atoms with Crippen LogP contribution in [0.1, 0.15) is 25.6 Å². The van der Waals surface area contributed by atoms with Crippen LogP contribution in [-0.2, 0) is 13.0 Å². The summed E-state index contributed by atoms with van der Waals surface area (Å²) in [6.07, 6.45) is 4.61. The maximum absolute atomic E-state index is 6.08. The Morgan fingerprint density at radius 3 is 2.94 bits per heavy atom. The fourth-order valence-electron chi connectivity index (χ4n) is 2.29. The van der Waals surface area contributed by atoms with E-state index in [1.54, 1.807) is 0 Å². The fraction of sp³-hybridized carbons (Fsp3) is 0.400. The Morgan fingerprint density at radius 2 is 2.22 bits per heavy atom. The molecule has 0 amide bonds. The molecule has 0 radical (unpaired) electrons. The summed E-state index contributed by atoms with van der Waals surface area (Å²) in [5.74, 6) is 1.09. The Hall–Kier alpha value is -1.61. The van der Waals surface area contributed by atoms with Gasteiger partial charge in [-0.15, -0.1) is 6.58 Å². The maximum atomic E-state index is 6.08. The Morgan fingerprint density at radius 1 is 1.44 bits per heavy atom. The first-order valence-corrected chi connectivity index (χ1v) is 6.56. The number of para-hydroxylation sites is 2. The molecule has 0 aliphatic carbocycles. The maximum Gasteiger partial charge on any atom is 0.111 e. The van der Waals surface area contributed by atoms with Crippen molar-refractivity contribution in [2.75, 3.05) is 0 Å². The summed E-state index contributed by atoms with van der Waals surface area (Å²) < 4.78 is 2.29. The zero-order valence-corrected chi connectivity index (χ0v) is 11.0. The van der Waals surface area contributed by atoms with Crippen molar-refractivity contribution in [2.24, 2.45) is 5.73 Å². The average molecular weight is 243 g/mol. The minimum Gasteiger partial charge on any atom is -0.328 e. The molecular weight excluding hydrogens is 222 g/mol. The highest BCUT2D eigenvalue weighted by Gasteiger charge is 2.12. The van der Waals surface area contributed by atoms with Gasteiger partial charge in [0.2, 0.25) is 0 Å². The number of hydrogen-bond donors (Lipinski definition) is 1. The van der Waals surface area contributed by atoms with Gasteiger partial charge >= 0.3 is 0 Å². The number of nitrogens with zero attached hydrogens (tertiary/aromatic N) is 2. The summed E-state index contributed by atoms with van der Waals surface area (Å²) in [4.78, 5) is 4.70. The molecule has 3 heteroatoms. The number of fused-ring (bicyclic) bond motifs is 1. The van der Waals surface area contributed by atoms with Crippen molar-refractivity contribution in [1.82, 2.24) is 9.55 Å². The van der Waals surface area contributed by atoms with Crippen LogP contribution in [0.5, 0.6) is 0 Å². The summed E-state index contributed by atoms with van der Waals surface area (Å²) in [5.41, 5.74) is 8.35. The minimum absolute atomic E-state index is 0.106. The first kappa shape index (κ1) is 12.8. The van der Waals surface area contributed by atoms with E-state index in [1.165, 1.54) is 5.52 Å². The number of rotatable bonds is 6. The smallest absolute Gasteiger partial charge is 0.111 e. The topological polar surface area (TPSA) is 43.8 Å². The molecule has 3 nitrogen and oxygen atoms in total. The van der Waals surface area contributed by atoms with Crippen molar-refractivity contribution < 1.29 is 0 Å². The summed E-state index contributed by atoms with van der Waals surface area (Å²) in [7, 11) is 0. The molecule has 0 saturated carbocycles. The largest absolute Gasteiger partial charge is 0.328 e. The highest BCUT2D eigenvalue weighted by Crippen LogP contribution is 2.17. The van der Waals surface area contributed by atoms with E-state index in [0.29, 0.717) is 0 Å². The van der Waals surface area contributed by atoms with E-state index >= 15 is 0 Å². The van der Waals surface area contributed by atoms with Crippen LogP contribution in [-0.4, -0.2) is 15.6 Å². The van der Waals surface area contributed by atoms with Crippen molar-refractivity contribution in [3.05, 3.63) is 42.7 Å². The molecule has 0 fully saturated rings. The van der Waals surface area contributed by atoms with Gasteiger partial charge in [-0.05, 0) is 25.0 Å². The van der Waals surface area contributed by atoms with Gasteiger partial charge in [-0.3, -0.25) is 0 Å². The average Bonchev–Trinajstić information content (AvgIpc) is 2.68. The molecule has 1 heterocycles. The van der Waals surface area contributed by atoms with Gasteiger partial charge in [-0.1, -0.05) is 25.1 Å². The molecular formula is C15H21N3. The lowest BCUT2D eigenvalue weighted by molar-refractivity contribution is 0.596. The monoisotopic (exact) mass is 243 g/mol. The SMILES string of the molecule is C=CCC(N)Cc1nc2ccccc2n1CCC. The third-order valence-corrected chi connectivity index (χ3v) is 3.09. The third-order valence-electron chi connectivity index (χ3n) is 3.09. The normalized spacial score (nSPS) is 12.8. The predicted molar refractivity (Wildman–Crippen MR) is 76.5 cm³/mol. The molecule has 1 unspecified atom stereocenters. The number of aryl methyl sites for hydroxylation is 1. The molecule has 0 saturated heterocycles. The van der Waals surface area contributed by atoms with Gasteiger partial charge in [-0.25, -0.2) is 4.98 Å². The second-order valence-corrected chi connectivity index (χ2v) is 4.66. The Labute approximate surface area is 108 Å². The molecule has 18 heavy (non-hydrogen) atoms. The van der Waals surface area contributed by atoms with Gasteiger partial charge in [-0.2, -0.15) is 0 Å². The van der Waals surface area contributed by atoms with E-state index in [4.69, 9.17) is 10.7 Å². The lowest BCUT2D eigenvalue weighted by atomic mass is 10.1. The number of nitrogens with two attached hydrogens (primary N) is 1. The number of imidazole rings is 1. The van der Waals surface area contributed by atoms with Crippen molar-refractivity contribution in [2.45, 2.75) is 38.8 Å². The molecule has 2 N–H and O–H groups in total. The molecule has 2 aromatic rings. The molecule has 1 atom stereocenters. The second-order valence-electron chi connectivity index (χ2n) is 4.66. The zero-order valence-electron chi connectivity index (χ0n) is 11.0. The molecule has 0 bridgehead atoms. The third kappa shape index (κ3) is 2.62. The number of benzene rings is 1. The standard InChI is InChI=1S/C15H21N3/c1-3-7-12(16)11-15-17-13-8-5-6-9-14(13)18(15)10-4-2/h3,5-6,8-9,12H,1,4,7,10-11,16H2,2H3. The van der Waals surface area contributed by atoms with Gasteiger partial charge in [0, 0.05) is 19.0 Å². The molecule has 2 rings (SSSR count). The van der Waals surface area contributed by atoms with Crippen molar-refractivity contribution in [1.29, 1.82) is 0 Å². The van der Waals surface area contributed by atoms with E-state index in [9.17, 15) is 0 Å². The molecule has 0 spiro atoms.